The minimum Gasteiger partial charge on any atom is -0.497 e. The number of furan rings is 1. The highest BCUT2D eigenvalue weighted by Gasteiger charge is 2.17. The zero-order valence-corrected chi connectivity index (χ0v) is 19.7. The summed E-state index contributed by atoms with van der Waals surface area (Å²) < 4.78 is 14.5. The summed E-state index contributed by atoms with van der Waals surface area (Å²) in [5.74, 6) is 2.12. The lowest BCUT2D eigenvalue weighted by atomic mass is 10.2. The van der Waals surface area contributed by atoms with Gasteiger partial charge in [0.2, 0.25) is 5.95 Å². The molecule has 0 atom stereocenters. The van der Waals surface area contributed by atoms with Crippen LogP contribution in [0.25, 0.3) is 22.6 Å². The van der Waals surface area contributed by atoms with Gasteiger partial charge in [0.1, 0.15) is 22.7 Å². The van der Waals surface area contributed by atoms with Crippen LogP contribution in [0.5, 0.6) is 5.75 Å². The highest BCUT2D eigenvalue weighted by Crippen LogP contribution is 2.27. The maximum Gasteiger partial charge on any atom is 0.270 e. The van der Waals surface area contributed by atoms with Crippen LogP contribution in [0, 0.1) is 6.92 Å². The van der Waals surface area contributed by atoms with Crippen LogP contribution >= 0.6 is 0 Å². The lowest BCUT2D eigenvalue weighted by molar-refractivity contribution is 0.415. The first-order chi connectivity index (χ1) is 16.9. The van der Waals surface area contributed by atoms with E-state index in [2.05, 4.69) is 19.9 Å². The predicted octanol–water partition coefficient (Wildman–Crippen LogP) is 3.62. The number of fused-ring (bicyclic) bond motifs is 1. The van der Waals surface area contributed by atoms with Gasteiger partial charge < -0.3 is 24.4 Å². The summed E-state index contributed by atoms with van der Waals surface area (Å²) in [6.07, 6.45) is 5.28. The highest BCUT2D eigenvalue weighted by molar-refractivity contribution is 5.86. The molecular formula is C25H25N7O3. The van der Waals surface area contributed by atoms with Gasteiger partial charge in [-0.1, -0.05) is 0 Å². The second kappa shape index (κ2) is 8.98. The fourth-order valence-electron chi connectivity index (χ4n) is 3.95. The maximum absolute atomic E-state index is 12.7. The van der Waals surface area contributed by atoms with E-state index in [-0.39, 0.29) is 11.5 Å². The molecule has 0 fully saturated rings. The van der Waals surface area contributed by atoms with Crippen molar-refractivity contribution in [2.45, 2.75) is 20.0 Å². The Hall–Kier alpha value is -4.60. The van der Waals surface area contributed by atoms with E-state index in [0.29, 0.717) is 35.7 Å². The largest absolute Gasteiger partial charge is 0.497 e. The van der Waals surface area contributed by atoms with E-state index in [0.717, 1.165) is 22.9 Å². The standard InChI is InChI=1S/C25H25N7O3/c1-16-4-9-20(35-16)22-23-24(29-25(26)28-22)32(21(33)14-27-23)13-12-31-11-10-18(15-31)30(2)17-5-7-19(34-3)8-6-17/h4-11,14-15H,12-13H2,1-3H3,(H2,26,28,29). The van der Waals surface area contributed by atoms with Gasteiger partial charge >= 0.3 is 0 Å². The van der Waals surface area contributed by atoms with Gasteiger partial charge in [0, 0.05) is 38.2 Å². The fourth-order valence-corrected chi connectivity index (χ4v) is 3.95. The lowest BCUT2D eigenvalue weighted by Crippen LogP contribution is -2.24. The summed E-state index contributed by atoms with van der Waals surface area (Å²) in [5.41, 5.74) is 9.06. The maximum atomic E-state index is 12.7. The SMILES string of the molecule is COc1ccc(N(C)c2ccn(CCn3c(=O)cnc4c(-c5ccc(C)o5)nc(N)nc43)c2)cc1. The number of ether oxygens (including phenoxy) is 1. The van der Waals surface area contributed by atoms with E-state index in [4.69, 9.17) is 14.9 Å². The van der Waals surface area contributed by atoms with Crippen molar-refractivity contribution in [3.63, 3.8) is 0 Å². The molecule has 0 bridgehead atoms. The van der Waals surface area contributed by atoms with Crippen molar-refractivity contribution >= 4 is 28.5 Å². The number of aryl methyl sites for hydroxylation is 3. The van der Waals surface area contributed by atoms with E-state index in [1.165, 1.54) is 6.20 Å². The van der Waals surface area contributed by atoms with Crippen LogP contribution in [-0.2, 0) is 13.1 Å². The van der Waals surface area contributed by atoms with Crippen molar-refractivity contribution in [1.82, 2.24) is 24.1 Å². The Kier molecular flexibility index (Phi) is 5.69. The van der Waals surface area contributed by atoms with Crippen LogP contribution in [0.15, 0.2) is 70.3 Å². The van der Waals surface area contributed by atoms with E-state index in [1.54, 1.807) is 17.7 Å². The molecule has 178 valence electrons. The number of hydrogen-bond donors (Lipinski definition) is 1. The molecule has 4 aromatic heterocycles. The Morgan fingerprint density at radius 1 is 1.06 bits per heavy atom. The molecule has 0 saturated carbocycles. The first-order valence-corrected chi connectivity index (χ1v) is 11.1. The Balaban J connectivity index is 1.41. The molecule has 5 aromatic rings. The van der Waals surface area contributed by atoms with Crippen LogP contribution in [0.4, 0.5) is 17.3 Å². The van der Waals surface area contributed by atoms with Crippen LogP contribution < -0.4 is 20.9 Å². The van der Waals surface area contributed by atoms with Gasteiger partial charge in [-0.15, -0.1) is 0 Å². The number of hydrogen-bond acceptors (Lipinski definition) is 8. The van der Waals surface area contributed by atoms with E-state index >= 15 is 0 Å². The van der Waals surface area contributed by atoms with E-state index in [1.807, 2.05) is 67.3 Å². The summed E-state index contributed by atoms with van der Waals surface area (Å²) in [5, 5.41) is 0. The molecule has 0 amide bonds. The zero-order valence-electron chi connectivity index (χ0n) is 19.7. The number of benzene rings is 1. The van der Waals surface area contributed by atoms with Crippen LogP contribution in [0.2, 0.25) is 0 Å². The molecule has 10 nitrogen and oxygen atoms in total. The van der Waals surface area contributed by atoms with Crippen molar-refractivity contribution in [2.24, 2.45) is 0 Å². The van der Waals surface area contributed by atoms with Crippen molar-refractivity contribution < 1.29 is 9.15 Å². The monoisotopic (exact) mass is 471 g/mol. The molecule has 2 N–H and O–H groups in total. The fraction of sp³-hybridized carbons (Fsp3) is 0.200. The van der Waals surface area contributed by atoms with Crippen molar-refractivity contribution in [3.8, 4) is 17.2 Å². The minimum absolute atomic E-state index is 0.0482. The summed E-state index contributed by atoms with van der Waals surface area (Å²) in [6, 6.07) is 13.5. The molecule has 0 spiro atoms. The number of rotatable bonds is 7. The quantitative estimate of drug-likeness (QED) is 0.383. The Labute approximate surface area is 201 Å². The molecule has 5 rings (SSSR count). The summed E-state index contributed by atoms with van der Waals surface area (Å²) in [6.45, 7) is 2.77. The smallest absolute Gasteiger partial charge is 0.270 e. The summed E-state index contributed by atoms with van der Waals surface area (Å²) in [4.78, 5) is 27.7. The molecule has 1 aromatic carbocycles. The van der Waals surface area contributed by atoms with E-state index in [9.17, 15) is 4.79 Å². The number of nitrogen functional groups attached to an aromatic ring is 1. The van der Waals surface area contributed by atoms with Gasteiger partial charge in [0.25, 0.3) is 5.56 Å². The molecule has 0 unspecified atom stereocenters. The summed E-state index contributed by atoms with van der Waals surface area (Å²) in [7, 11) is 3.65. The second-order valence-electron chi connectivity index (χ2n) is 8.13. The minimum atomic E-state index is -0.264. The van der Waals surface area contributed by atoms with Crippen molar-refractivity contribution in [3.05, 3.63) is 77.2 Å². The topological polar surface area (TPSA) is 117 Å². The molecule has 10 heteroatoms. The molecule has 0 aliphatic rings. The average molecular weight is 472 g/mol. The second-order valence-corrected chi connectivity index (χ2v) is 8.13. The van der Waals surface area contributed by atoms with E-state index < -0.39 is 0 Å². The van der Waals surface area contributed by atoms with Crippen molar-refractivity contribution in [2.75, 3.05) is 24.8 Å². The molecule has 0 aliphatic carbocycles. The predicted molar refractivity (Wildman–Crippen MR) is 134 cm³/mol. The van der Waals surface area contributed by atoms with Crippen LogP contribution in [-0.4, -0.2) is 38.2 Å². The van der Waals surface area contributed by atoms with Gasteiger partial charge in [0.05, 0.1) is 19.0 Å². The van der Waals surface area contributed by atoms with Gasteiger partial charge in [-0.25, -0.2) is 9.97 Å². The normalized spacial score (nSPS) is 11.2. The third kappa shape index (κ3) is 4.33. The number of aromatic nitrogens is 5. The average Bonchev–Trinajstić information content (AvgIpc) is 3.51. The highest BCUT2D eigenvalue weighted by atomic mass is 16.5. The zero-order chi connectivity index (χ0) is 24.5. The van der Waals surface area contributed by atoms with Gasteiger partial charge in [-0.2, -0.15) is 4.98 Å². The van der Waals surface area contributed by atoms with Crippen LogP contribution in [0.1, 0.15) is 5.76 Å². The molecule has 4 heterocycles. The van der Waals surface area contributed by atoms with Crippen molar-refractivity contribution in [1.29, 1.82) is 0 Å². The number of nitrogens with zero attached hydrogens (tertiary/aromatic N) is 6. The number of anilines is 3. The Morgan fingerprint density at radius 3 is 2.57 bits per heavy atom. The van der Waals surface area contributed by atoms with Gasteiger partial charge in [0.15, 0.2) is 11.4 Å². The Morgan fingerprint density at radius 2 is 1.86 bits per heavy atom. The molecule has 0 radical (unpaired) electrons. The number of nitrogens with two attached hydrogens (primary N) is 1. The van der Waals surface area contributed by atoms with Gasteiger partial charge in [-0.05, 0) is 49.4 Å². The molecule has 0 saturated heterocycles. The first-order valence-electron chi connectivity index (χ1n) is 11.1. The summed E-state index contributed by atoms with van der Waals surface area (Å²) >= 11 is 0. The third-order valence-electron chi connectivity index (χ3n) is 5.85. The molecule has 0 aliphatic heterocycles. The first kappa shape index (κ1) is 22.2. The molecular weight excluding hydrogens is 446 g/mol. The third-order valence-corrected chi connectivity index (χ3v) is 5.85. The lowest BCUT2D eigenvalue weighted by Gasteiger charge is -2.18. The Bertz CT molecular complexity index is 1550. The van der Waals surface area contributed by atoms with Gasteiger partial charge in [-0.3, -0.25) is 9.36 Å². The van der Waals surface area contributed by atoms with Crippen LogP contribution in [0.3, 0.4) is 0 Å². The molecule has 35 heavy (non-hydrogen) atoms. The number of methoxy groups -OCH3 is 1.